The van der Waals surface area contributed by atoms with Crippen molar-refractivity contribution in [3.8, 4) is 0 Å². The molecule has 1 N–H and O–H groups in total. The predicted molar refractivity (Wildman–Crippen MR) is 83.4 cm³/mol. The highest BCUT2D eigenvalue weighted by molar-refractivity contribution is 7.89. The zero-order chi connectivity index (χ0) is 15.9. The number of benzene rings is 1. The summed E-state index contributed by atoms with van der Waals surface area (Å²) in [6.07, 6.45) is 1.85. The minimum atomic E-state index is -3.62. The fourth-order valence-corrected chi connectivity index (χ4v) is 3.52. The first-order valence-corrected chi connectivity index (χ1v) is 8.70. The second-order valence-corrected chi connectivity index (χ2v) is 6.94. The molecule has 0 aliphatic heterocycles. The fraction of sp³-hybridized carbons (Fsp3) is 0.533. The largest absolute Gasteiger partial charge is 0.353 e. The van der Waals surface area contributed by atoms with Crippen molar-refractivity contribution in [2.75, 3.05) is 13.1 Å². The van der Waals surface area contributed by atoms with Gasteiger partial charge in [-0.05, 0) is 25.5 Å². The lowest BCUT2D eigenvalue weighted by atomic mass is 10.2. The van der Waals surface area contributed by atoms with Gasteiger partial charge in [-0.2, -0.15) is 4.31 Å². The van der Waals surface area contributed by atoms with Crippen LogP contribution < -0.4 is 5.32 Å². The zero-order valence-corrected chi connectivity index (χ0v) is 13.7. The number of carbonyl (C=O) groups is 1. The Morgan fingerprint density at radius 2 is 1.86 bits per heavy atom. The van der Waals surface area contributed by atoms with E-state index >= 15 is 0 Å². The molecular formula is C15H24N2O3S. The molecule has 0 saturated heterocycles. The van der Waals surface area contributed by atoms with Crippen molar-refractivity contribution in [1.82, 2.24) is 9.62 Å². The van der Waals surface area contributed by atoms with E-state index < -0.39 is 10.0 Å². The summed E-state index contributed by atoms with van der Waals surface area (Å²) in [4.78, 5) is 12.2. The molecule has 0 unspecified atom stereocenters. The lowest BCUT2D eigenvalue weighted by molar-refractivity contribution is -0.121. The third-order valence-corrected chi connectivity index (χ3v) is 5.12. The highest BCUT2D eigenvalue weighted by atomic mass is 32.2. The minimum Gasteiger partial charge on any atom is -0.353 e. The highest BCUT2D eigenvalue weighted by Crippen LogP contribution is 2.14. The van der Waals surface area contributed by atoms with Gasteiger partial charge in [0.1, 0.15) is 0 Å². The van der Waals surface area contributed by atoms with E-state index in [2.05, 4.69) is 5.32 Å². The molecule has 0 heterocycles. The van der Waals surface area contributed by atoms with Crippen LogP contribution in [0.5, 0.6) is 0 Å². The van der Waals surface area contributed by atoms with Crippen LogP contribution in [0.2, 0.25) is 0 Å². The van der Waals surface area contributed by atoms with Crippen molar-refractivity contribution in [3.63, 3.8) is 0 Å². The molecule has 1 aromatic carbocycles. The minimum absolute atomic E-state index is 0.0561. The van der Waals surface area contributed by atoms with Gasteiger partial charge in [0.05, 0.1) is 11.4 Å². The third-order valence-electron chi connectivity index (χ3n) is 3.18. The van der Waals surface area contributed by atoms with Crippen molar-refractivity contribution in [1.29, 1.82) is 0 Å². The third kappa shape index (κ3) is 5.13. The van der Waals surface area contributed by atoms with E-state index in [1.165, 1.54) is 16.4 Å². The Morgan fingerprint density at radius 3 is 2.38 bits per heavy atom. The number of nitrogens with one attached hydrogen (secondary N) is 1. The van der Waals surface area contributed by atoms with E-state index in [1.54, 1.807) is 25.1 Å². The fourth-order valence-electron chi connectivity index (χ4n) is 2.09. The van der Waals surface area contributed by atoms with Crippen molar-refractivity contribution < 1.29 is 13.2 Å². The second kappa shape index (κ2) is 8.14. The van der Waals surface area contributed by atoms with E-state index in [1.807, 2.05) is 13.8 Å². The van der Waals surface area contributed by atoms with Gasteiger partial charge in [-0.25, -0.2) is 8.42 Å². The van der Waals surface area contributed by atoms with Crippen LogP contribution in [-0.2, 0) is 14.8 Å². The summed E-state index contributed by atoms with van der Waals surface area (Å²) in [6.45, 7) is 5.79. The molecule has 1 amide bonds. The molecule has 21 heavy (non-hydrogen) atoms. The molecule has 0 fully saturated rings. The van der Waals surface area contributed by atoms with Crippen molar-refractivity contribution in [2.45, 2.75) is 44.6 Å². The van der Waals surface area contributed by atoms with Gasteiger partial charge in [0.2, 0.25) is 15.9 Å². The Kier molecular flexibility index (Phi) is 6.84. The number of hydrogen-bond donors (Lipinski definition) is 1. The summed E-state index contributed by atoms with van der Waals surface area (Å²) >= 11 is 0. The number of sulfonamides is 1. The van der Waals surface area contributed by atoms with Gasteiger partial charge in [-0.3, -0.25) is 4.79 Å². The maximum atomic E-state index is 12.5. The van der Waals surface area contributed by atoms with Gasteiger partial charge in [-0.15, -0.1) is 0 Å². The number of likely N-dealkylation sites (N-methyl/N-ethyl adjacent to an activating group) is 1. The van der Waals surface area contributed by atoms with Gasteiger partial charge in [0.15, 0.2) is 0 Å². The number of carbonyl (C=O) groups excluding carboxylic acids is 1. The van der Waals surface area contributed by atoms with Crippen LogP contribution in [0.4, 0.5) is 0 Å². The van der Waals surface area contributed by atoms with Crippen LogP contribution in [-0.4, -0.2) is 37.8 Å². The average Bonchev–Trinajstić information content (AvgIpc) is 2.45. The standard InChI is InChI=1S/C15H24N2O3S/c1-4-9-13(3)16-15(18)12-17(5-2)21(19,20)14-10-7-6-8-11-14/h6-8,10-11,13H,4-5,9,12H2,1-3H3,(H,16,18)/t13-/m1/s1. The Hall–Kier alpha value is -1.40. The highest BCUT2D eigenvalue weighted by Gasteiger charge is 2.25. The first kappa shape index (κ1) is 17.7. The van der Waals surface area contributed by atoms with Gasteiger partial charge < -0.3 is 5.32 Å². The Labute approximate surface area is 127 Å². The van der Waals surface area contributed by atoms with E-state index in [0.717, 1.165) is 12.8 Å². The zero-order valence-electron chi connectivity index (χ0n) is 12.9. The van der Waals surface area contributed by atoms with E-state index in [-0.39, 0.29) is 29.9 Å². The van der Waals surface area contributed by atoms with E-state index in [4.69, 9.17) is 0 Å². The Balaban J connectivity index is 2.77. The van der Waals surface area contributed by atoms with Gasteiger partial charge >= 0.3 is 0 Å². The van der Waals surface area contributed by atoms with Crippen LogP contribution in [0.15, 0.2) is 35.2 Å². The molecule has 0 radical (unpaired) electrons. The van der Waals surface area contributed by atoms with Crippen LogP contribution in [0, 0.1) is 0 Å². The number of nitrogens with zero attached hydrogens (tertiary/aromatic N) is 1. The summed E-state index contributed by atoms with van der Waals surface area (Å²) in [6, 6.07) is 8.23. The number of rotatable bonds is 8. The van der Waals surface area contributed by atoms with Crippen molar-refractivity contribution in [3.05, 3.63) is 30.3 Å². The number of hydrogen-bond acceptors (Lipinski definition) is 3. The van der Waals surface area contributed by atoms with Crippen molar-refractivity contribution >= 4 is 15.9 Å². The lowest BCUT2D eigenvalue weighted by Gasteiger charge is -2.21. The predicted octanol–water partition coefficient (Wildman–Crippen LogP) is 2.00. The molecule has 0 aromatic heterocycles. The lowest BCUT2D eigenvalue weighted by Crippen LogP contribution is -2.43. The molecular weight excluding hydrogens is 288 g/mol. The maximum absolute atomic E-state index is 12.5. The topological polar surface area (TPSA) is 66.5 Å². The molecule has 0 aliphatic rings. The Morgan fingerprint density at radius 1 is 1.24 bits per heavy atom. The van der Waals surface area contributed by atoms with Crippen LogP contribution >= 0.6 is 0 Å². The van der Waals surface area contributed by atoms with E-state index in [0.29, 0.717) is 0 Å². The molecule has 5 nitrogen and oxygen atoms in total. The summed E-state index contributed by atoms with van der Waals surface area (Å²) in [5.41, 5.74) is 0. The normalized spacial score (nSPS) is 13.1. The quantitative estimate of drug-likeness (QED) is 0.798. The molecule has 1 rings (SSSR count). The van der Waals surface area contributed by atoms with Crippen LogP contribution in [0.3, 0.4) is 0 Å². The van der Waals surface area contributed by atoms with Crippen molar-refractivity contribution in [2.24, 2.45) is 0 Å². The Bertz CT molecular complexity index is 543. The molecule has 6 heteroatoms. The van der Waals surface area contributed by atoms with Gasteiger partial charge in [-0.1, -0.05) is 38.5 Å². The van der Waals surface area contributed by atoms with Crippen LogP contribution in [0.25, 0.3) is 0 Å². The van der Waals surface area contributed by atoms with Crippen LogP contribution in [0.1, 0.15) is 33.6 Å². The second-order valence-electron chi connectivity index (χ2n) is 5.00. The summed E-state index contributed by atoms with van der Waals surface area (Å²) < 4.78 is 26.1. The number of amides is 1. The molecule has 0 spiro atoms. The van der Waals surface area contributed by atoms with Gasteiger partial charge in [0.25, 0.3) is 0 Å². The molecule has 0 saturated carbocycles. The summed E-state index contributed by atoms with van der Waals surface area (Å²) in [7, 11) is -3.62. The molecule has 1 aromatic rings. The molecule has 0 bridgehead atoms. The molecule has 0 aliphatic carbocycles. The van der Waals surface area contributed by atoms with Gasteiger partial charge in [0, 0.05) is 12.6 Å². The summed E-state index contributed by atoms with van der Waals surface area (Å²) in [5.74, 6) is -0.266. The first-order valence-electron chi connectivity index (χ1n) is 7.26. The summed E-state index contributed by atoms with van der Waals surface area (Å²) in [5, 5.41) is 2.82. The molecule has 118 valence electrons. The SMILES string of the molecule is CCC[C@@H](C)NC(=O)CN(CC)S(=O)(=O)c1ccccc1. The smallest absolute Gasteiger partial charge is 0.243 e. The maximum Gasteiger partial charge on any atom is 0.243 e. The molecule has 1 atom stereocenters. The van der Waals surface area contributed by atoms with E-state index in [9.17, 15) is 13.2 Å². The first-order chi connectivity index (χ1) is 9.91. The average molecular weight is 312 g/mol. The monoisotopic (exact) mass is 312 g/mol.